The first-order valence-corrected chi connectivity index (χ1v) is 18.6. The Kier molecular flexibility index (Phi) is 8.66. The molecular weight excluding hydrogens is 616 g/mol. The molecule has 3 bridgehead atoms. The Morgan fingerprint density at radius 2 is 1.62 bits per heavy atom. The number of ether oxygens (including phenoxy) is 5. The van der Waals surface area contributed by atoms with Gasteiger partial charge in [0.15, 0.2) is 17.0 Å². The number of carbonyl (C=O) groups excluding carboxylic acids is 2. The van der Waals surface area contributed by atoms with Crippen molar-refractivity contribution in [1.29, 1.82) is 0 Å². The lowest BCUT2D eigenvalue weighted by Crippen LogP contribution is -2.77. The lowest BCUT2D eigenvalue weighted by Gasteiger charge is -2.62. The van der Waals surface area contributed by atoms with Crippen molar-refractivity contribution in [2.75, 3.05) is 6.61 Å². The minimum absolute atomic E-state index is 0.0172. The van der Waals surface area contributed by atoms with Gasteiger partial charge >= 0.3 is 11.9 Å². The number of aliphatic hydroxyl groups is 3. The summed E-state index contributed by atoms with van der Waals surface area (Å²) in [6.45, 7) is 12.8. The molecule has 10 nitrogen and oxygen atoms in total. The molecule has 0 aromatic heterocycles. The zero-order valence-corrected chi connectivity index (χ0v) is 29.3. The van der Waals surface area contributed by atoms with Gasteiger partial charge in [-0.1, -0.05) is 91.2 Å². The number of epoxide rings is 1. The second-order valence-corrected chi connectivity index (χ2v) is 16.3. The number of fused-ring (bicyclic) bond motifs is 1. The molecule has 15 atom stereocenters. The molecule has 0 aromatic rings. The predicted octanol–water partition coefficient (Wildman–Crippen LogP) is 4.52. The van der Waals surface area contributed by atoms with E-state index in [1.807, 2.05) is 26.8 Å². The Labute approximate surface area is 284 Å². The molecule has 3 saturated heterocycles. The third kappa shape index (κ3) is 4.48. The van der Waals surface area contributed by atoms with Crippen molar-refractivity contribution in [3.63, 3.8) is 0 Å². The van der Waals surface area contributed by atoms with E-state index in [1.54, 1.807) is 6.08 Å². The Bertz CT molecular complexity index is 1350. The van der Waals surface area contributed by atoms with Crippen molar-refractivity contribution in [2.24, 2.45) is 35.5 Å². The average molecular weight is 673 g/mol. The van der Waals surface area contributed by atoms with Gasteiger partial charge in [0.25, 0.3) is 0 Å². The number of Topliss-reactive ketones (excluding diaryl/α,β-unsaturated/α-hetero) is 1. The summed E-state index contributed by atoms with van der Waals surface area (Å²) in [6, 6.07) is 0. The number of esters is 1. The lowest BCUT2D eigenvalue weighted by atomic mass is 9.50. The van der Waals surface area contributed by atoms with E-state index in [0.717, 1.165) is 44.9 Å². The van der Waals surface area contributed by atoms with Crippen molar-refractivity contribution in [3.8, 4) is 0 Å². The average Bonchev–Trinajstić information content (AvgIpc) is 3.68. The fraction of sp³-hybridized carbons (Fsp3) is 0.842. The maximum atomic E-state index is 14.6. The summed E-state index contributed by atoms with van der Waals surface area (Å²) >= 11 is 0. The molecule has 48 heavy (non-hydrogen) atoms. The Balaban J connectivity index is 1.47. The summed E-state index contributed by atoms with van der Waals surface area (Å²) in [5, 5.41) is 36.1. The molecule has 7 rings (SSSR count). The summed E-state index contributed by atoms with van der Waals surface area (Å²) in [6.07, 6.45) is 11.3. The van der Waals surface area contributed by atoms with Gasteiger partial charge in [-0.25, -0.2) is 0 Å². The van der Waals surface area contributed by atoms with Crippen molar-refractivity contribution < 1.29 is 48.6 Å². The number of allylic oxidation sites excluding steroid dienone is 1. The number of ketones is 1. The SMILES string of the molecule is C=C(C)[C@]12O[C@@]34/C=C\CCCCCCCCCCC[C@H](C)[C@H]5[C@H](C)C(=O)[C@@]6(O)[C@H](O)[C@@]7(CO)O[C@H]7[C@@H]([C@H]1O3)[C@](O4)([C@H](C)[C@H]2OC(C)=O)[C@H]56. The van der Waals surface area contributed by atoms with Gasteiger partial charge < -0.3 is 39.0 Å². The topological polar surface area (TPSA) is 144 Å². The summed E-state index contributed by atoms with van der Waals surface area (Å²) in [5.41, 5.74) is -6.15. The maximum absolute atomic E-state index is 14.6. The monoisotopic (exact) mass is 672 g/mol. The van der Waals surface area contributed by atoms with Gasteiger partial charge in [-0.3, -0.25) is 9.59 Å². The van der Waals surface area contributed by atoms with Crippen LogP contribution in [0.5, 0.6) is 0 Å². The van der Waals surface area contributed by atoms with Gasteiger partial charge in [0, 0.05) is 36.7 Å². The van der Waals surface area contributed by atoms with Crippen molar-refractivity contribution in [2.45, 2.75) is 158 Å². The van der Waals surface area contributed by atoms with Gasteiger partial charge in [0.05, 0.1) is 12.2 Å². The third-order valence-corrected chi connectivity index (χ3v) is 13.7. The van der Waals surface area contributed by atoms with E-state index in [4.69, 9.17) is 23.7 Å². The van der Waals surface area contributed by atoms with Crippen molar-refractivity contribution in [3.05, 3.63) is 24.3 Å². The zero-order chi connectivity index (χ0) is 34.4. The first-order valence-electron chi connectivity index (χ1n) is 18.6. The quantitative estimate of drug-likeness (QED) is 0.222. The van der Waals surface area contributed by atoms with E-state index in [9.17, 15) is 24.9 Å². The van der Waals surface area contributed by atoms with Crippen LogP contribution in [0.15, 0.2) is 24.3 Å². The van der Waals surface area contributed by atoms with E-state index in [2.05, 4.69) is 13.5 Å². The van der Waals surface area contributed by atoms with E-state index < -0.39 is 101 Å². The van der Waals surface area contributed by atoms with E-state index in [0.29, 0.717) is 5.57 Å². The van der Waals surface area contributed by atoms with Crippen LogP contribution in [-0.2, 0) is 33.3 Å². The van der Waals surface area contributed by atoms with E-state index in [1.165, 1.54) is 32.6 Å². The smallest absolute Gasteiger partial charge is 0.306 e. The maximum Gasteiger partial charge on any atom is 0.306 e. The molecule has 6 fully saturated rings. The third-order valence-electron chi connectivity index (χ3n) is 13.7. The minimum Gasteiger partial charge on any atom is -0.459 e. The Morgan fingerprint density at radius 3 is 2.25 bits per heavy atom. The van der Waals surface area contributed by atoms with Crippen molar-refractivity contribution in [1.82, 2.24) is 0 Å². The molecule has 0 radical (unpaired) electrons. The molecule has 268 valence electrons. The van der Waals surface area contributed by atoms with Gasteiger partial charge in [0.1, 0.15) is 30.0 Å². The van der Waals surface area contributed by atoms with Gasteiger partial charge in [-0.2, -0.15) is 0 Å². The van der Waals surface area contributed by atoms with Crippen LogP contribution in [0.25, 0.3) is 0 Å². The molecule has 0 amide bonds. The molecular formula is C38H56O10. The highest BCUT2D eigenvalue weighted by molar-refractivity contribution is 5.93. The summed E-state index contributed by atoms with van der Waals surface area (Å²) in [5.74, 6) is -6.07. The number of aliphatic hydroxyl groups excluding tert-OH is 2. The van der Waals surface area contributed by atoms with E-state index >= 15 is 0 Å². The highest BCUT2D eigenvalue weighted by Crippen LogP contribution is 2.75. The number of carbonyl (C=O) groups is 2. The normalized spacial score (nSPS) is 53.9. The van der Waals surface area contributed by atoms with Gasteiger partial charge in [-0.05, 0) is 37.2 Å². The molecule has 3 saturated carbocycles. The molecule has 3 N–H and O–H groups in total. The minimum atomic E-state index is -2.32. The molecule has 4 heterocycles. The second kappa shape index (κ2) is 12.0. The predicted molar refractivity (Wildman–Crippen MR) is 174 cm³/mol. The number of hydrogen-bond acceptors (Lipinski definition) is 10. The molecule has 3 aliphatic carbocycles. The fourth-order valence-corrected chi connectivity index (χ4v) is 11.6. The van der Waals surface area contributed by atoms with E-state index in [-0.39, 0.29) is 5.92 Å². The number of rotatable bonds is 3. The highest BCUT2D eigenvalue weighted by Gasteiger charge is 2.91. The van der Waals surface area contributed by atoms with Crippen LogP contribution in [0.1, 0.15) is 105 Å². The van der Waals surface area contributed by atoms with Crippen LogP contribution in [-0.4, -0.2) is 86.5 Å². The Morgan fingerprint density at radius 1 is 0.979 bits per heavy atom. The first-order chi connectivity index (χ1) is 22.8. The van der Waals surface area contributed by atoms with Crippen LogP contribution in [0.4, 0.5) is 0 Å². The Hall–Kier alpha value is -1.66. The molecule has 2 spiro atoms. The summed E-state index contributed by atoms with van der Waals surface area (Å²) in [4.78, 5) is 27.5. The summed E-state index contributed by atoms with van der Waals surface area (Å²) in [7, 11) is 0. The highest BCUT2D eigenvalue weighted by atomic mass is 16.9. The standard InChI is InChI=1S/C38H56O10/c1-21(2)37-30(44-25(6)40)24(5)38-27-31-34(20-39,45-31)33(42)36(43)28(38)26(23(4)29(36)41)22(3)18-16-14-12-10-8-7-9-11-13-15-17-19-35(47-37,48-38)46-32(27)37/h17,19,22-24,26-28,30-33,39,42-43H,1,7-16,18,20H2,2-6H3/b19-17-/t22-,23-,24+,26-,27-,28+,30+,31-,32+,33+,34-,35+,36+,37+,38+/m0/s1. The number of hydrogen-bond donors (Lipinski definition) is 3. The molecule has 0 unspecified atom stereocenters. The van der Waals surface area contributed by atoms with Crippen LogP contribution in [0.2, 0.25) is 0 Å². The first kappa shape index (κ1) is 34.8. The second-order valence-electron chi connectivity index (χ2n) is 16.3. The van der Waals surface area contributed by atoms with Crippen molar-refractivity contribution >= 4 is 11.8 Å². The molecule has 4 aliphatic heterocycles. The fourth-order valence-electron chi connectivity index (χ4n) is 11.6. The summed E-state index contributed by atoms with van der Waals surface area (Å²) < 4.78 is 33.6. The zero-order valence-electron chi connectivity index (χ0n) is 29.3. The molecule has 7 aliphatic rings. The van der Waals surface area contributed by atoms with Gasteiger partial charge in [-0.15, -0.1) is 0 Å². The molecule has 0 aromatic carbocycles. The largest absolute Gasteiger partial charge is 0.459 e. The van der Waals surface area contributed by atoms with Crippen LogP contribution in [0, 0.1) is 35.5 Å². The lowest BCUT2D eigenvalue weighted by molar-refractivity contribution is -0.414. The van der Waals surface area contributed by atoms with Gasteiger partial charge in [0.2, 0.25) is 0 Å². The van der Waals surface area contributed by atoms with Crippen LogP contribution >= 0.6 is 0 Å². The van der Waals surface area contributed by atoms with Crippen LogP contribution < -0.4 is 0 Å². The molecule has 10 heteroatoms. The van der Waals surface area contributed by atoms with Crippen LogP contribution in [0.3, 0.4) is 0 Å².